The zero-order chi connectivity index (χ0) is 20.6. The third kappa shape index (κ3) is 4.95. The maximum atomic E-state index is 12.9. The quantitative estimate of drug-likeness (QED) is 0.600. The maximum absolute atomic E-state index is 12.9. The lowest BCUT2D eigenvalue weighted by molar-refractivity contribution is 0.0721. The van der Waals surface area contributed by atoms with E-state index >= 15 is 0 Å². The van der Waals surface area contributed by atoms with Crippen LogP contribution < -0.4 is 10.6 Å². The van der Waals surface area contributed by atoms with Crippen LogP contribution in [0.3, 0.4) is 0 Å². The molecule has 0 saturated carbocycles. The molecule has 0 aliphatic carbocycles. The number of rotatable bonds is 10. The van der Waals surface area contributed by atoms with Gasteiger partial charge in [0.2, 0.25) is 0 Å². The second-order valence-electron chi connectivity index (χ2n) is 7.17. The molecule has 2 amide bonds. The predicted molar refractivity (Wildman–Crippen MR) is 114 cm³/mol. The van der Waals surface area contributed by atoms with Crippen molar-refractivity contribution < 1.29 is 14.3 Å². The van der Waals surface area contributed by atoms with Gasteiger partial charge in [-0.3, -0.25) is 9.59 Å². The largest absolute Gasteiger partial charge is 0.385 e. The minimum Gasteiger partial charge on any atom is -0.385 e. The van der Waals surface area contributed by atoms with E-state index in [2.05, 4.69) is 17.6 Å². The van der Waals surface area contributed by atoms with E-state index in [1.54, 1.807) is 7.11 Å². The smallest absolute Gasteiger partial charge is 0.256 e. The zero-order valence-electron chi connectivity index (χ0n) is 17.1. The van der Waals surface area contributed by atoms with E-state index in [1.165, 1.54) is 0 Å². The number of unbranched alkanes of at least 4 members (excludes halogenated alkanes) is 1. The Balaban J connectivity index is 1.72. The van der Waals surface area contributed by atoms with Crippen molar-refractivity contribution in [3.05, 3.63) is 65.2 Å². The van der Waals surface area contributed by atoms with Crippen LogP contribution in [0.5, 0.6) is 0 Å². The molecule has 0 saturated heterocycles. The molecular formula is C23H29N3O3. The fourth-order valence-corrected chi connectivity index (χ4v) is 3.49. The molecule has 154 valence electrons. The third-order valence-corrected chi connectivity index (χ3v) is 5.07. The molecule has 1 aliphatic heterocycles. The molecule has 0 spiro atoms. The highest BCUT2D eigenvalue weighted by Crippen LogP contribution is 2.34. The molecule has 2 N–H and O–H groups in total. The highest BCUT2D eigenvalue weighted by Gasteiger charge is 2.35. The molecule has 1 atom stereocenters. The summed E-state index contributed by atoms with van der Waals surface area (Å²) in [5, 5.41) is 6.38. The zero-order valence-corrected chi connectivity index (χ0v) is 17.1. The standard InChI is InChI=1S/C23H29N3O3/c1-3-4-14-24-22(27)17-10-12-18(13-11-17)25-21-19-8-5-6-9-20(19)23(28)26(21)15-7-16-29-2/h5-6,8-13,21,25H,3-4,7,14-16H2,1-2H3,(H,24,27)/t21-/m1/s1. The van der Waals surface area contributed by atoms with Crippen molar-refractivity contribution >= 4 is 17.5 Å². The molecular weight excluding hydrogens is 366 g/mol. The Kier molecular flexibility index (Phi) is 7.25. The average Bonchev–Trinajstić information content (AvgIpc) is 3.01. The van der Waals surface area contributed by atoms with Gasteiger partial charge in [0.05, 0.1) is 0 Å². The SMILES string of the molecule is CCCCNC(=O)c1ccc(N[C@H]2c3ccccc3C(=O)N2CCCOC)cc1. The van der Waals surface area contributed by atoms with E-state index < -0.39 is 0 Å². The molecule has 1 aliphatic rings. The summed E-state index contributed by atoms with van der Waals surface area (Å²) in [6.45, 7) is 4.00. The number of carbonyl (C=O) groups excluding carboxylic acids is 2. The van der Waals surface area contributed by atoms with Crippen molar-refractivity contribution in [2.75, 3.05) is 32.1 Å². The molecule has 6 heteroatoms. The van der Waals surface area contributed by atoms with Crippen LogP contribution in [0.1, 0.15) is 58.6 Å². The number of amides is 2. The van der Waals surface area contributed by atoms with Crippen molar-refractivity contribution in [1.29, 1.82) is 0 Å². The van der Waals surface area contributed by atoms with Gasteiger partial charge < -0.3 is 20.3 Å². The van der Waals surface area contributed by atoms with Crippen LogP contribution in [0, 0.1) is 0 Å². The second-order valence-corrected chi connectivity index (χ2v) is 7.17. The van der Waals surface area contributed by atoms with Gasteiger partial charge in [0.1, 0.15) is 6.17 Å². The van der Waals surface area contributed by atoms with Gasteiger partial charge in [-0.2, -0.15) is 0 Å². The fraction of sp³-hybridized carbons (Fsp3) is 0.391. The summed E-state index contributed by atoms with van der Waals surface area (Å²) in [6.07, 6.45) is 2.55. The number of nitrogens with zero attached hydrogens (tertiary/aromatic N) is 1. The summed E-state index contributed by atoms with van der Waals surface area (Å²) in [5.41, 5.74) is 3.19. The van der Waals surface area contributed by atoms with E-state index in [-0.39, 0.29) is 18.0 Å². The fourth-order valence-electron chi connectivity index (χ4n) is 3.49. The Morgan fingerprint density at radius 1 is 1.10 bits per heavy atom. The van der Waals surface area contributed by atoms with Gasteiger partial charge in [-0.05, 0) is 43.2 Å². The van der Waals surface area contributed by atoms with E-state index in [1.807, 2.05) is 53.4 Å². The predicted octanol–water partition coefficient (Wildman–Crippen LogP) is 3.82. The van der Waals surface area contributed by atoms with Crippen LogP contribution in [-0.2, 0) is 4.74 Å². The van der Waals surface area contributed by atoms with Gasteiger partial charge in [-0.25, -0.2) is 0 Å². The number of hydrogen-bond acceptors (Lipinski definition) is 4. The number of hydrogen-bond donors (Lipinski definition) is 2. The lowest BCUT2D eigenvalue weighted by atomic mass is 10.1. The Morgan fingerprint density at radius 3 is 2.59 bits per heavy atom. The molecule has 0 radical (unpaired) electrons. The monoisotopic (exact) mass is 395 g/mol. The van der Waals surface area contributed by atoms with Crippen LogP contribution in [0.15, 0.2) is 48.5 Å². The van der Waals surface area contributed by atoms with E-state index in [0.717, 1.165) is 36.1 Å². The van der Waals surface area contributed by atoms with Gasteiger partial charge in [0.15, 0.2) is 0 Å². The van der Waals surface area contributed by atoms with Crippen molar-refractivity contribution in [3.63, 3.8) is 0 Å². The first-order valence-electron chi connectivity index (χ1n) is 10.2. The number of nitrogens with one attached hydrogen (secondary N) is 2. The van der Waals surface area contributed by atoms with Crippen molar-refractivity contribution in [3.8, 4) is 0 Å². The molecule has 0 bridgehead atoms. The van der Waals surface area contributed by atoms with Crippen molar-refractivity contribution in [2.45, 2.75) is 32.4 Å². The van der Waals surface area contributed by atoms with E-state index in [9.17, 15) is 9.59 Å². The Bertz CT molecular complexity index is 836. The summed E-state index contributed by atoms with van der Waals surface area (Å²) in [5.74, 6) is -0.0336. The molecule has 0 aromatic heterocycles. The van der Waals surface area contributed by atoms with Gasteiger partial charge >= 0.3 is 0 Å². The van der Waals surface area contributed by atoms with Crippen LogP contribution in [0.4, 0.5) is 5.69 Å². The summed E-state index contributed by atoms with van der Waals surface area (Å²) in [6, 6.07) is 15.1. The van der Waals surface area contributed by atoms with Gasteiger partial charge in [0, 0.05) is 49.2 Å². The first-order valence-corrected chi connectivity index (χ1v) is 10.2. The van der Waals surface area contributed by atoms with Gasteiger partial charge in [-0.1, -0.05) is 31.5 Å². The first kappa shape index (κ1) is 20.9. The minimum absolute atomic E-state index is 0.0288. The number of anilines is 1. The van der Waals surface area contributed by atoms with E-state index in [4.69, 9.17) is 4.74 Å². The number of carbonyl (C=O) groups is 2. The number of methoxy groups -OCH3 is 1. The lowest BCUT2D eigenvalue weighted by Gasteiger charge is -2.27. The highest BCUT2D eigenvalue weighted by atomic mass is 16.5. The highest BCUT2D eigenvalue weighted by molar-refractivity contribution is 5.99. The Hall–Kier alpha value is -2.86. The first-order chi connectivity index (χ1) is 14.2. The number of fused-ring (bicyclic) bond motifs is 1. The van der Waals surface area contributed by atoms with Gasteiger partial charge in [0.25, 0.3) is 11.8 Å². The molecule has 2 aromatic carbocycles. The molecule has 0 unspecified atom stereocenters. The van der Waals surface area contributed by atoms with Crippen LogP contribution >= 0.6 is 0 Å². The number of benzene rings is 2. The number of ether oxygens (including phenoxy) is 1. The topological polar surface area (TPSA) is 70.7 Å². The summed E-state index contributed by atoms with van der Waals surface area (Å²) < 4.78 is 5.14. The van der Waals surface area contributed by atoms with Crippen molar-refractivity contribution in [2.24, 2.45) is 0 Å². The molecule has 6 nitrogen and oxygen atoms in total. The van der Waals surface area contributed by atoms with Crippen LogP contribution in [0.2, 0.25) is 0 Å². The molecule has 2 aromatic rings. The Morgan fingerprint density at radius 2 is 1.86 bits per heavy atom. The second kappa shape index (κ2) is 10.1. The minimum atomic E-state index is -0.236. The van der Waals surface area contributed by atoms with E-state index in [0.29, 0.717) is 25.3 Å². The third-order valence-electron chi connectivity index (χ3n) is 5.07. The Labute approximate surface area is 172 Å². The normalized spacial score (nSPS) is 15.3. The molecule has 1 heterocycles. The molecule has 3 rings (SSSR count). The molecule has 0 fully saturated rings. The summed E-state index contributed by atoms with van der Waals surface area (Å²) in [7, 11) is 1.66. The van der Waals surface area contributed by atoms with Crippen LogP contribution in [0.25, 0.3) is 0 Å². The molecule has 29 heavy (non-hydrogen) atoms. The van der Waals surface area contributed by atoms with Crippen molar-refractivity contribution in [1.82, 2.24) is 10.2 Å². The maximum Gasteiger partial charge on any atom is 0.256 e. The summed E-state index contributed by atoms with van der Waals surface area (Å²) >= 11 is 0. The van der Waals surface area contributed by atoms with Gasteiger partial charge in [-0.15, -0.1) is 0 Å². The summed E-state index contributed by atoms with van der Waals surface area (Å²) in [4.78, 5) is 26.9. The average molecular weight is 396 g/mol. The lowest BCUT2D eigenvalue weighted by Crippen LogP contribution is -2.33. The van der Waals surface area contributed by atoms with Crippen LogP contribution in [-0.4, -0.2) is 43.5 Å².